The second-order valence-electron chi connectivity index (χ2n) is 5.95. The predicted molar refractivity (Wildman–Crippen MR) is 73.2 cm³/mol. The number of benzene rings is 1. The molecule has 2 aliphatic heterocycles. The molecule has 2 bridgehead atoms. The topological polar surface area (TPSA) is 38.7 Å². The molecule has 0 radical (unpaired) electrons. The molecule has 3 rings (SSSR count). The molecule has 1 aromatic rings. The lowest BCUT2D eigenvalue weighted by Crippen LogP contribution is -2.23. The Hall–Kier alpha value is -1.06. The smallest absolute Gasteiger partial charge is 0.119 e. The van der Waals surface area contributed by atoms with Crippen molar-refractivity contribution >= 4 is 0 Å². The molecular formula is C16H22O3. The van der Waals surface area contributed by atoms with Crippen LogP contribution in [-0.2, 0) is 4.74 Å². The summed E-state index contributed by atoms with van der Waals surface area (Å²) >= 11 is 0. The van der Waals surface area contributed by atoms with Crippen molar-refractivity contribution in [3.63, 3.8) is 0 Å². The standard InChI is InChI=1S/C16H22O3/c1-10(2)18-12-5-3-11(4-6-12)16(17)14-9-13-7-8-15(14)19-13/h3-6,10,13-17H,7-9H2,1-2H3. The fourth-order valence-corrected chi connectivity index (χ4v) is 3.27. The first-order chi connectivity index (χ1) is 9.13. The number of hydrogen-bond acceptors (Lipinski definition) is 3. The third-order valence-electron chi connectivity index (χ3n) is 4.15. The van der Waals surface area contributed by atoms with Crippen molar-refractivity contribution in [3.05, 3.63) is 29.8 Å². The van der Waals surface area contributed by atoms with Gasteiger partial charge in [0.1, 0.15) is 5.75 Å². The van der Waals surface area contributed by atoms with Crippen molar-refractivity contribution in [1.29, 1.82) is 0 Å². The fourth-order valence-electron chi connectivity index (χ4n) is 3.27. The van der Waals surface area contributed by atoms with Gasteiger partial charge in [-0.25, -0.2) is 0 Å². The van der Waals surface area contributed by atoms with E-state index in [0.29, 0.717) is 6.10 Å². The van der Waals surface area contributed by atoms with E-state index in [9.17, 15) is 5.11 Å². The molecule has 1 aromatic carbocycles. The normalized spacial score (nSPS) is 30.8. The lowest BCUT2D eigenvalue weighted by Gasteiger charge is -2.24. The number of rotatable bonds is 4. The van der Waals surface area contributed by atoms with Gasteiger partial charge in [0.2, 0.25) is 0 Å². The largest absolute Gasteiger partial charge is 0.491 e. The van der Waals surface area contributed by atoms with Crippen molar-refractivity contribution in [2.45, 2.75) is 57.5 Å². The third-order valence-corrected chi connectivity index (χ3v) is 4.15. The molecule has 4 atom stereocenters. The van der Waals surface area contributed by atoms with Crippen molar-refractivity contribution in [1.82, 2.24) is 0 Å². The molecule has 2 heterocycles. The zero-order valence-electron chi connectivity index (χ0n) is 11.6. The summed E-state index contributed by atoms with van der Waals surface area (Å²) < 4.78 is 11.4. The molecule has 2 aliphatic rings. The van der Waals surface area contributed by atoms with Crippen LogP contribution in [0.2, 0.25) is 0 Å². The van der Waals surface area contributed by atoms with Gasteiger partial charge < -0.3 is 14.6 Å². The van der Waals surface area contributed by atoms with Gasteiger partial charge in [0.25, 0.3) is 0 Å². The first kappa shape index (κ1) is 12.9. The van der Waals surface area contributed by atoms with Gasteiger partial charge in [0.15, 0.2) is 0 Å². The number of aliphatic hydroxyl groups excluding tert-OH is 1. The van der Waals surface area contributed by atoms with E-state index in [2.05, 4.69) is 0 Å². The van der Waals surface area contributed by atoms with Gasteiger partial charge in [-0.15, -0.1) is 0 Å². The fraction of sp³-hybridized carbons (Fsp3) is 0.625. The summed E-state index contributed by atoms with van der Waals surface area (Å²) in [6.07, 6.45) is 3.66. The zero-order valence-corrected chi connectivity index (χ0v) is 11.6. The first-order valence-electron chi connectivity index (χ1n) is 7.23. The second-order valence-corrected chi connectivity index (χ2v) is 5.95. The molecule has 2 fully saturated rings. The van der Waals surface area contributed by atoms with Gasteiger partial charge in [0, 0.05) is 5.92 Å². The van der Waals surface area contributed by atoms with Crippen LogP contribution >= 0.6 is 0 Å². The number of ether oxygens (including phenoxy) is 2. The Labute approximate surface area is 114 Å². The van der Waals surface area contributed by atoms with Gasteiger partial charge in [-0.1, -0.05) is 12.1 Å². The highest BCUT2D eigenvalue weighted by molar-refractivity contribution is 5.29. The lowest BCUT2D eigenvalue weighted by molar-refractivity contribution is 0.0422. The van der Waals surface area contributed by atoms with E-state index >= 15 is 0 Å². The second kappa shape index (κ2) is 5.14. The van der Waals surface area contributed by atoms with E-state index in [1.165, 1.54) is 0 Å². The summed E-state index contributed by atoms with van der Waals surface area (Å²) in [6.45, 7) is 4.02. The van der Waals surface area contributed by atoms with Gasteiger partial charge in [-0.05, 0) is 50.8 Å². The summed E-state index contributed by atoms with van der Waals surface area (Å²) in [5, 5.41) is 10.5. The van der Waals surface area contributed by atoms with Crippen LogP contribution in [0.25, 0.3) is 0 Å². The summed E-state index contributed by atoms with van der Waals surface area (Å²) in [4.78, 5) is 0. The molecule has 3 nitrogen and oxygen atoms in total. The van der Waals surface area contributed by atoms with E-state index in [1.54, 1.807) is 0 Å². The van der Waals surface area contributed by atoms with Crippen molar-refractivity contribution in [2.24, 2.45) is 5.92 Å². The Kier molecular flexibility index (Phi) is 3.50. The maximum Gasteiger partial charge on any atom is 0.119 e. The van der Waals surface area contributed by atoms with Crippen LogP contribution in [-0.4, -0.2) is 23.4 Å². The highest BCUT2D eigenvalue weighted by Crippen LogP contribution is 2.44. The minimum atomic E-state index is -0.414. The number of hydrogen-bond donors (Lipinski definition) is 1. The van der Waals surface area contributed by atoms with Crippen LogP contribution < -0.4 is 4.74 Å². The van der Waals surface area contributed by atoms with Crippen LogP contribution in [0, 0.1) is 5.92 Å². The van der Waals surface area contributed by atoms with Crippen LogP contribution in [0.4, 0.5) is 0 Å². The molecule has 19 heavy (non-hydrogen) atoms. The van der Waals surface area contributed by atoms with Crippen LogP contribution in [0.15, 0.2) is 24.3 Å². The summed E-state index contributed by atoms with van der Waals surface area (Å²) in [6, 6.07) is 7.81. The zero-order chi connectivity index (χ0) is 13.4. The Morgan fingerprint density at radius 1 is 1.21 bits per heavy atom. The van der Waals surface area contributed by atoms with Crippen LogP contribution in [0.5, 0.6) is 5.75 Å². The molecule has 1 N–H and O–H groups in total. The predicted octanol–water partition coefficient (Wildman–Crippen LogP) is 3.07. The minimum absolute atomic E-state index is 0.176. The highest BCUT2D eigenvalue weighted by Gasteiger charge is 2.44. The van der Waals surface area contributed by atoms with E-state index in [-0.39, 0.29) is 18.1 Å². The Morgan fingerprint density at radius 2 is 1.95 bits per heavy atom. The van der Waals surface area contributed by atoms with E-state index < -0.39 is 6.10 Å². The van der Waals surface area contributed by atoms with E-state index in [1.807, 2.05) is 38.1 Å². The van der Waals surface area contributed by atoms with Crippen LogP contribution in [0.1, 0.15) is 44.8 Å². The van der Waals surface area contributed by atoms with Crippen LogP contribution in [0.3, 0.4) is 0 Å². The van der Waals surface area contributed by atoms with Gasteiger partial charge in [0.05, 0.1) is 24.4 Å². The Balaban J connectivity index is 1.68. The first-order valence-corrected chi connectivity index (χ1v) is 7.23. The molecule has 4 unspecified atom stereocenters. The summed E-state index contributed by atoms with van der Waals surface area (Å²) in [7, 11) is 0. The van der Waals surface area contributed by atoms with Crippen molar-refractivity contribution in [2.75, 3.05) is 0 Å². The van der Waals surface area contributed by atoms with Crippen molar-refractivity contribution < 1.29 is 14.6 Å². The molecule has 0 spiro atoms. The van der Waals surface area contributed by atoms with Gasteiger partial charge in [-0.3, -0.25) is 0 Å². The molecular weight excluding hydrogens is 240 g/mol. The maximum atomic E-state index is 10.5. The highest BCUT2D eigenvalue weighted by atomic mass is 16.5. The molecule has 0 amide bonds. The third kappa shape index (κ3) is 2.63. The number of fused-ring (bicyclic) bond motifs is 2. The molecule has 104 valence electrons. The Morgan fingerprint density at radius 3 is 2.47 bits per heavy atom. The molecule has 0 saturated carbocycles. The average molecular weight is 262 g/mol. The quantitative estimate of drug-likeness (QED) is 0.906. The molecule has 0 aromatic heterocycles. The minimum Gasteiger partial charge on any atom is -0.491 e. The van der Waals surface area contributed by atoms with E-state index in [0.717, 1.165) is 30.6 Å². The Bertz CT molecular complexity index is 426. The van der Waals surface area contributed by atoms with Gasteiger partial charge >= 0.3 is 0 Å². The summed E-state index contributed by atoms with van der Waals surface area (Å²) in [5.74, 6) is 1.12. The lowest BCUT2D eigenvalue weighted by atomic mass is 9.83. The average Bonchev–Trinajstić information content (AvgIpc) is 3.00. The number of aliphatic hydroxyl groups is 1. The molecule has 2 saturated heterocycles. The van der Waals surface area contributed by atoms with Gasteiger partial charge in [-0.2, -0.15) is 0 Å². The molecule has 3 heteroatoms. The SMILES string of the molecule is CC(C)Oc1ccc(C(O)C2CC3CCC2O3)cc1. The van der Waals surface area contributed by atoms with Crippen molar-refractivity contribution in [3.8, 4) is 5.75 Å². The van der Waals surface area contributed by atoms with E-state index in [4.69, 9.17) is 9.47 Å². The molecule has 0 aliphatic carbocycles. The maximum absolute atomic E-state index is 10.5. The monoisotopic (exact) mass is 262 g/mol. The summed E-state index contributed by atoms with van der Waals surface area (Å²) in [5.41, 5.74) is 0.970.